The van der Waals surface area contributed by atoms with Crippen molar-refractivity contribution in [3.8, 4) is 0 Å². The van der Waals surface area contributed by atoms with Crippen molar-refractivity contribution in [3.63, 3.8) is 0 Å². The molecule has 106 valence electrons. The zero-order valence-corrected chi connectivity index (χ0v) is 11.8. The SMILES string of the molecule is Cc1ccc(S(=O)[C@@H]2CC[C@@H](C)C(F)(F)[C@@H]2O)cc1. The van der Waals surface area contributed by atoms with Gasteiger partial charge in [0.05, 0.1) is 16.0 Å². The Balaban J connectivity index is 2.22. The summed E-state index contributed by atoms with van der Waals surface area (Å²) >= 11 is 0. The molecule has 2 rings (SSSR count). The molecule has 0 radical (unpaired) electrons. The number of alkyl halides is 2. The number of aliphatic hydroxyl groups is 1. The fourth-order valence-corrected chi connectivity index (χ4v) is 3.89. The van der Waals surface area contributed by atoms with E-state index < -0.39 is 34.0 Å². The van der Waals surface area contributed by atoms with Crippen molar-refractivity contribution in [2.75, 3.05) is 0 Å². The molecule has 1 aliphatic rings. The van der Waals surface area contributed by atoms with Crippen LogP contribution in [0.3, 0.4) is 0 Å². The van der Waals surface area contributed by atoms with Gasteiger partial charge in [0.25, 0.3) is 5.92 Å². The van der Waals surface area contributed by atoms with Crippen LogP contribution in [0.25, 0.3) is 0 Å². The zero-order valence-electron chi connectivity index (χ0n) is 11.0. The second kappa shape index (κ2) is 5.29. The second-order valence-electron chi connectivity index (χ2n) is 5.25. The number of hydrogen-bond acceptors (Lipinski definition) is 2. The van der Waals surface area contributed by atoms with Crippen LogP contribution in [0.5, 0.6) is 0 Å². The maximum absolute atomic E-state index is 13.8. The molecule has 1 aromatic carbocycles. The summed E-state index contributed by atoms with van der Waals surface area (Å²) in [5.41, 5.74) is 1.02. The van der Waals surface area contributed by atoms with E-state index in [4.69, 9.17) is 0 Å². The number of hydrogen-bond donors (Lipinski definition) is 1. The van der Waals surface area contributed by atoms with Gasteiger partial charge in [-0.25, -0.2) is 8.78 Å². The number of rotatable bonds is 2. The topological polar surface area (TPSA) is 37.3 Å². The van der Waals surface area contributed by atoms with Crippen molar-refractivity contribution in [1.82, 2.24) is 0 Å². The highest BCUT2D eigenvalue weighted by atomic mass is 32.2. The van der Waals surface area contributed by atoms with Crippen LogP contribution in [-0.2, 0) is 10.8 Å². The van der Waals surface area contributed by atoms with E-state index in [1.807, 2.05) is 6.92 Å². The van der Waals surface area contributed by atoms with Crippen LogP contribution in [-0.4, -0.2) is 26.6 Å². The maximum Gasteiger partial charge on any atom is 0.277 e. The average Bonchev–Trinajstić information content (AvgIpc) is 2.37. The van der Waals surface area contributed by atoms with Gasteiger partial charge in [-0.15, -0.1) is 0 Å². The van der Waals surface area contributed by atoms with Crippen LogP contribution in [0.1, 0.15) is 25.3 Å². The van der Waals surface area contributed by atoms with Gasteiger partial charge >= 0.3 is 0 Å². The van der Waals surface area contributed by atoms with Crippen molar-refractivity contribution in [2.45, 2.75) is 48.9 Å². The zero-order chi connectivity index (χ0) is 14.2. The molecular formula is C14H18F2O2S. The van der Waals surface area contributed by atoms with E-state index in [-0.39, 0.29) is 6.42 Å². The first-order chi connectivity index (χ1) is 8.84. The third kappa shape index (κ3) is 2.72. The molecule has 4 atom stereocenters. The normalized spacial score (nSPS) is 31.9. The smallest absolute Gasteiger partial charge is 0.277 e. The van der Waals surface area contributed by atoms with Crippen molar-refractivity contribution >= 4 is 10.8 Å². The van der Waals surface area contributed by atoms with Crippen LogP contribution < -0.4 is 0 Å². The Morgan fingerprint density at radius 2 is 1.84 bits per heavy atom. The van der Waals surface area contributed by atoms with Gasteiger partial charge in [-0.05, 0) is 31.9 Å². The van der Waals surface area contributed by atoms with Crippen molar-refractivity contribution in [1.29, 1.82) is 0 Å². The minimum atomic E-state index is -3.16. The van der Waals surface area contributed by atoms with E-state index in [2.05, 4.69) is 0 Å². The van der Waals surface area contributed by atoms with E-state index in [0.717, 1.165) is 5.56 Å². The number of aryl methyl sites for hydroxylation is 1. The second-order valence-corrected chi connectivity index (χ2v) is 6.92. The molecule has 1 saturated carbocycles. The van der Waals surface area contributed by atoms with E-state index in [1.54, 1.807) is 24.3 Å². The molecule has 5 heteroatoms. The molecule has 0 aliphatic heterocycles. The lowest BCUT2D eigenvalue weighted by Crippen LogP contribution is -2.52. The van der Waals surface area contributed by atoms with E-state index in [9.17, 15) is 18.1 Å². The van der Waals surface area contributed by atoms with Gasteiger partial charge in [-0.3, -0.25) is 4.21 Å². The third-order valence-corrected chi connectivity index (χ3v) is 5.60. The van der Waals surface area contributed by atoms with Gasteiger partial charge in [0.1, 0.15) is 6.10 Å². The summed E-state index contributed by atoms with van der Waals surface area (Å²) in [4.78, 5) is 0.500. The van der Waals surface area contributed by atoms with E-state index >= 15 is 0 Å². The molecule has 0 saturated heterocycles. The molecule has 1 aliphatic carbocycles. The molecule has 0 bridgehead atoms. The lowest BCUT2D eigenvalue weighted by molar-refractivity contribution is -0.160. The van der Waals surface area contributed by atoms with Crippen LogP contribution in [0, 0.1) is 12.8 Å². The van der Waals surface area contributed by atoms with Gasteiger partial charge in [0, 0.05) is 10.8 Å². The maximum atomic E-state index is 13.8. The van der Waals surface area contributed by atoms with Gasteiger partial charge in [0.2, 0.25) is 0 Å². The van der Waals surface area contributed by atoms with Crippen LogP contribution >= 0.6 is 0 Å². The summed E-state index contributed by atoms with van der Waals surface area (Å²) in [7, 11) is -1.60. The Labute approximate surface area is 114 Å². The lowest BCUT2D eigenvalue weighted by atomic mass is 9.84. The minimum absolute atomic E-state index is 0.284. The van der Waals surface area contributed by atoms with Crippen LogP contribution in [0.15, 0.2) is 29.2 Å². The summed E-state index contributed by atoms with van der Waals surface area (Å²) in [6, 6.07) is 6.94. The highest BCUT2D eigenvalue weighted by Crippen LogP contribution is 2.41. The third-order valence-electron chi connectivity index (χ3n) is 3.82. The van der Waals surface area contributed by atoms with E-state index in [1.165, 1.54) is 6.92 Å². The monoisotopic (exact) mass is 288 g/mol. The summed E-state index contributed by atoms with van der Waals surface area (Å²) in [5, 5.41) is 8.92. The molecule has 0 amide bonds. The average molecular weight is 288 g/mol. The van der Waals surface area contributed by atoms with Crippen molar-refractivity contribution in [3.05, 3.63) is 29.8 Å². The standard InChI is InChI=1S/C14H18F2O2S/c1-9-3-6-11(7-4-9)19(18)12-8-5-10(2)14(15,16)13(12)17/h3-4,6-7,10,12-13,17H,5,8H2,1-2H3/t10-,12-,13-,19?/m1/s1. The number of benzene rings is 1. The van der Waals surface area contributed by atoms with E-state index in [0.29, 0.717) is 11.3 Å². The summed E-state index contributed by atoms with van der Waals surface area (Å²) in [5.74, 6) is -4.03. The Morgan fingerprint density at radius 3 is 2.42 bits per heavy atom. The number of aliphatic hydroxyl groups excluding tert-OH is 1. The first-order valence-electron chi connectivity index (χ1n) is 6.37. The highest BCUT2D eigenvalue weighted by molar-refractivity contribution is 7.85. The largest absolute Gasteiger partial charge is 0.386 e. The molecule has 0 spiro atoms. The van der Waals surface area contributed by atoms with Crippen molar-refractivity contribution in [2.24, 2.45) is 5.92 Å². The molecule has 0 heterocycles. The minimum Gasteiger partial charge on any atom is -0.386 e. The highest BCUT2D eigenvalue weighted by Gasteiger charge is 2.52. The predicted molar refractivity (Wildman–Crippen MR) is 70.7 cm³/mol. The van der Waals surface area contributed by atoms with Gasteiger partial charge in [-0.1, -0.05) is 24.6 Å². The Bertz CT molecular complexity index is 473. The Kier molecular flexibility index (Phi) is 4.06. The summed E-state index contributed by atoms with van der Waals surface area (Å²) < 4.78 is 39.9. The molecular weight excluding hydrogens is 270 g/mol. The van der Waals surface area contributed by atoms with Crippen LogP contribution in [0.2, 0.25) is 0 Å². The Morgan fingerprint density at radius 1 is 1.26 bits per heavy atom. The molecule has 1 aromatic rings. The first kappa shape index (κ1) is 14.6. The number of halogens is 2. The summed E-state index contributed by atoms with van der Waals surface area (Å²) in [6.45, 7) is 3.33. The molecule has 2 nitrogen and oxygen atoms in total. The molecule has 1 fully saturated rings. The molecule has 1 N–H and O–H groups in total. The van der Waals surface area contributed by atoms with Crippen molar-refractivity contribution < 1.29 is 18.1 Å². The molecule has 1 unspecified atom stereocenters. The van der Waals surface area contributed by atoms with Gasteiger partial charge in [-0.2, -0.15) is 0 Å². The predicted octanol–water partition coefficient (Wildman–Crippen LogP) is 2.90. The lowest BCUT2D eigenvalue weighted by Gasteiger charge is -2.38. The first-order valence-corrected chi connectivity index (χ1v) is 7.58. The Hall–Kier alpha value is -0.810. The van der Waals surface area contributed by atoms with Gasteiger partial charge in [0.15, 0.2) is 0 Å². The molecule has 19 heavy (non-hydrogen) atoms. The van der Waals surface area contributed by atoms with Crippen LogP contribution in [0.4, 0.5) is 8.78 Å². The fraction of sp³-hybridized carbons (Fsp3) is 0.571. The summed E-state index contributed by atoms with van der Waals surface area (Å²) in [6.07, 6.45) is -1.19. The molecule has 0 aromatic heterocycles. The van der Waals surface area contributed by atoms with Gasteiger partial charge < -0.3 is 5.11 Å². The quantitative estimate of drug-likeness (QED) is 0.908. The fourth-order valence-electron chi connectivity index (χ4n) is 2.38.